The average molecular weight is 386 g/mol. The number of nitrogens with zero attached hydrogens (tertiary/aromatic N) is 2. The number of para-hydroxylation sites is 1. The number of halogens is 4. The predicted octanol–water partition coefficient (Wildman–Crippen LogP) is 1.62. The average Bonchev–Trinajstić information content (AvgIpc) is 2.92. The minimum atomic E-state index is -4.98. The van der Waals surface area contributed by atoms with Crippen LogP contribution in [0.3, 0.4) is 0 Å². The van der Waals surface area contributed by atoms with Gasteiger partial charge in [0, 0.05) is 13.1 Å². The molecular formula is C12H10F4N2O6S. The van der Waals surface area contributed by atoms with Gasteiger partial charge in [0.25, 0.3) is 0 Å². The second kappa shape index (κ2) is 6.22. The first-order valence-corrected chi connectivity index (χ1v) is 8.04. The van der Waals surface area contributed by atoms with E-state index in [1.54, 1.807) is 0 Å². The molecule has 1 aromatic rings. The van der Waals surface area contributed by atoms with Crippen LogP contribution in [-0.2, 0) is 14.8 Å². The van der Waals surface area contributed by atoms with E-state index in [0.29, 0.717) is 12.1 Å². The third-order valence-corrected chi connectivity index (χ3v) is 5.64. The highest BCUT2D eigenvalue weighted by atomic mass is 32.2. The van der Waals surface area contributed by atoms with E-state index in [1.807, 2.05) is 0 Å². The van der Waals surface area contributed by atoms with Gasteiger partial charge in [-0.3, -0.25) is 14.9 Å². The number of nitro benzene ring substituents is 1. The molecule has 8 nitrogen and oxygen atoms in total. The zero-order valence-electron chi connectivity index (χ0n) is 12.1. The number of carboxylic acid groups (broad SMARTS) is 1. The number of hydrogen-bond donors (Lipinski definition) is 1. The molecule has 0 radical (unpaired) electrons. The normalized spacial score (nSPS) is 22.1. The van der Waals surface area contributed by atoms with E-state index >= 15 is 0 Å². The molecule has 1 saturated heterocycles. The third kappa shape index (κ3) is 3.42. The van der Waals surface area contributed by atoms with Gasteiger partial charge in [0.15, 0.2) is 4.90 Å². The molecule has 0 saturated carbocycles. The Balaban J connectivity index is 2.51. The number of alkyl halides is 3. The molecule has 25 heavy (non-hydrogen) atoms. The summed E-state index contributed by atoms with van der Waals surface area (Å²) in [4.78, 5) is 19.5. The zero-order chi connectivity index (χ0) is 19.2. The van der Waals surface area contributed by atoms with Crippen LogP contribution in [0.15, 0.2) is 23.1 Å². The standard InChI is InChI=1S/C12H10F4N2O6S/c13-8-2-1-3-9(10(8)18(21)22)25(23,24)17-4-6(11(19)20)7(5-17)12(14,15)16/h1-3,6-7H,4-5H2,(H,19,20)/t6-,7-/m1/s1. The molecule has 0 spiro atoms. The van der Waals surface area contributed by atoms with E-state index in [4.69, 9.17) is 5.11 Å². The van der Waals surface area contributed by atoms with Gasteiger partial charge in [0.1, 0.15) is 0 Å². The molecule has 1 heterocycles. The quantitative estimate of drug-likeness (QED) is 0.477. The van der Waals surface area contributed by atoms with Crippen molar-refractivity contribution in [1.29, 1.82) is 0 Å². The van der Waals surface area contributed by atoms with Crippen LogP contribution in [0.5, 0.6) is 0 Å². The summed E-state index contributed by atoms with van der Waals surface area (Å²) in [6, 6.07) is 2.15. The highest BCUT2D eigenvalue weighted by molar-refractivity contribution is 7.89. The number of sulfonamides is 1. The maximum atomic E-state index is 13.6. The van der Waals surface area contributed by atoms with E-state index in [1.165, 1.54) is 0 Å². The zero-order valence-corrected chi connectivity index (χ0v) is 12.9. The van der Waals surface area contributed by atoms with Crippen LogP contribution in [0.2, 0.25) is 0 Å². The third-order valence-electron chi connectivity index (χ3n) is 3.77. The van der Waals surface area contributed by atoms with Crippen molar-refractivity contribution in [3.63, 3.8) is 0 Å². The van der Waals surface area contributed by atoms with Crippen LogP contribution in [0.25, 0.3) is 0 Å². The summed E-state index contributed by atoms with van der Waals surface area (Å²) in [7, 11) is -4.91. The Labute approximate surface area is 137 Å². The summed E-state index contributed by atoms with van der Waals surface area (Å²) in [5.41, 5.74) is -1.41. The number of benzene rings is 1. The largest absolute Gasteiger partial charge is 0.481 e. The van der Waals surface area contributed by atoms with Gasteiger partial charge in [0.2, 0.25) is 15.8 Å². The van der Waals surface area contributed by atoms with Crippen molar-refractivity contribution in [2.24, 2.45) is 11.8 Å². The SMILES string of the molecule is O=C(O)[C@@H]1CN(S(=O)(=O)c2cccc(F)c2[N+](=O)[O-])C[C@H]1C(F)(F)F. The van der Waals surface area contributed by atoms with Crippen LogP contribution in [0.1, 0.15) is 0 Å². The van der Waals surface area contributed by atoms with Gasteiger partial charge in [-0.15, -0.1) is 0 Å². The molecule has 1 N–H and O–H groups in total. The Kier molecular flexibility index (Phi) is 4.74. The number of aliphatic carboxylic acids is 1. The first-order valence-electron chi connectivity index (χ1n) is 6.60. The summed E-state index contributed by atoms with van der Waals surface area (Å²) in [5.74, 6) is -7.88. The van der Waals surface area contributed by atoms with Crippen LogP contribution in [0.4, 0.5) is 23.2 Å². The highest BCUT2D eigenvalue weighted by Crippen LogP contribution is 2.40. The molecule has 13 heteroatoms. The minimum absolute atomic E-state index is 0.172. The van der Waals surface area contributed by atoms with E-state index in [9.17, 15) is 40.9 Å². The first kappa shape index (κ1) is 19.1. The highest BCUT2D eigenvalue weighted by Gasteiger charge is 2.55. The lowest BCUT2D eigenvalue weighted by molar-refractivity contribution is -0.390. The van der Waals surface area contributed by atoms with Crippen molar-refractivity contribution in [3.05, 3.63) is 34.1 Å². The molecule has 2 atom stereocenters. The fourth-order valence-electron chi connectivity index (χ4n) is 2.57. The van der Waals surface area contributed by atoms with Crippen LogP contribution in [0, 0.1) is 27.8 Å². The maximum Gasteiger partial charge on any atom is 0.393 e. The monoisotopic (exact) mass is 386 g/mol. The van der Waals surface area contributed by atoms with Crippen molar-refractivity contribution in [2.75, 3.05) is 13.1 Å². The van der Waals surface area contributed by atoms with Crippen molar-refractivity contribution in [1.82, 2.24) is 4.31 Å². The lowest BCUT2D eigenvalue weighted by Crippen LogP contribution is -2.34. The van der Waals surface area contributed by atoms with Gasteiger partial charge >= 0.3 is 17.8 Å². The van der Waals surface area contributed by atoms with Crippen molar-refractivity contribution in [3.8, 4) is 0 Å². The molecule has 1 aliphatic heterocycles. The van der Waals surface area contributed by atoms with Crippen LogP contribution < -0.4 is 0 Å². The van der Waals surface area contributed by atoms with E-state index in [0.717, 1.165) is 6.07 Å². The molecule has 1 fully saturated rings. The Morgan fingerprint density at radius 1 is 1.32 bits per heavy atom. The van der Waals surface area contributed by atoms with Gasteiger partial charge in [0.05, 0.1) is 16.8 Å². The Bertz CT molecular complexity index is 825. The summed E-state index contributed by atoms with van der Waals surface area (Å²) < 4.78 is 77.5. The summed E-state index contributed by atoms with van der Waals surface area (Å²) >= 11 is 0. The molecule has 0 unspecified atom stereocenters. The number of nitro groups is 1. The van der Waals surface area contributed by atoms with Gasteiger partial charge in [-0.2, -0.15) is 21.9 Å². The van der Waals surface area contributed by atoms with E-state index in [2.05, 4.69) is 0 Å². The molecule has 1 aliphatic rings. The van der Waals surface area contributed by atoms with Crippen molar-refractivity contribution in [2.45, 2.75) is 11.1 Å². The number of carboxylic acids is 1. The van der Waals surface area contributed by atoms with Crippen molar-refractivity contribution >= 4 is 21.7 Å². The fraction of sp³-hybridized carbons (Fsp3) is 0.417. The smallest absolute Gasteiger partial charge is 0.393 e. The lowest BCUT2D eigenvalue weighted by atomic mass is 9.96. The molecule has 2 rings (SSSR count). The number of carbonyl (C=O) groups is 1. The summed E-state index contributed by atoms with van der Waals surface area (Å²) in [6.45, 7) is -2.26. The number of hydrogen-bond acceptors (Lipinski definition) is 5. The van der Waals surface area contributed by atoms with Gasteiger partial charge in [-0.1, -0.05) is 6.07 Å². The van der Waals surface area contributed by atoms with Gasteiger partial charge in [-0.05, 0) is 12.1 Å². The van der Waals surface area contributed by atoms with Crippen LogP contribution >= 0.6 is 0 Å². The molecule has 0 aliphatic carbocycles. The van der Waals surface area contributed by atoms with E-state index in [-0.39, 0.29) is 4.31 Å². The first-order chi connectivity index (χ1) is 11.4. The van der Waals surface area contributed by atoms with E-state index < -0.39 is 68.4 Å². The summed E-state index contributed by atoms with van der Waals surface area (Å²) in [6.07, 6.45) is -4.98. The second-order valence-electron chi connectivity index (χ2n) is 5.26. The number of rotatable bonds is 4. The Morgan fingerprint density at radius 2 is 1.92 bits per heavy atom. The molecule has 1 aromatic carbocycles. The fourth-order valence-corrected chi connectivity index (χ4v) is 4.22. The molecule has 138 valence electrons. The van der Waals surface area contributed by atoms with Gasteiger partial charge in [-0.25, -0.2) is 8.42 Å². The second-order valence-corrected chi connectivity index (χ2v) is 7.16. The van der Waals surface area contributed by atoms with Gasteiger partial charge < -0.3 is 5.11 Å². The lowest BCUT2D eigenvalue weighted by Gasteiger charge is -2.18. The van der Waals surface area contributed by atoms with Crippen molar-refractivity contribution < 1.29 is 40.8 Å². The Morgan fingerprint density at radius 3 is 2.36 bits per heavy atom. The predicted molar refractivity (Wildman–Crippen MR) is 72.5 cm³/mol. The Hall–Kier alpha value is -2.28. The molecule has 0 bridgehead atoms. The molecule has 0 amide bonds. The minimum Gasteiger partial charge on any atom is -0.481 e. The maximum absolute atomic E-state index is 13.6. The molecule has 0 aromatic heterocycles. The summed E-state index contributed by atoms with van der Waals surface area (Å²) in [5, 5.41) is 19.8. The topological polar surface area (TPSA) is 118 Å². The van der Waals surface area contributed by atoms with Crippen LogP contribution in [-0.4, -0.2) is 48.0 Å². The molecular weight excluding hydrogens is 376 g/mol.